The highest BCUT2D eigenvalue weighted by Gasteiger charge is 2.26. The number of hydrogen-bond acceptors (Lipinski definition) is 3. The molecule has 5 heteroatoms. The number of hydrogen-bond donors (Lipinski definition) is 1. The molecule has 0 unspecified atom stereocenters. The monoisotopic (exact) mass is 412 g/mol. The van der Waals surface area contributed by atoms with Crippen LogP contribution in [0.5, 0.6) is 0 Å². The van der Waals surface area contributed by atoms with Crippen molar-refractivity contribution in [3.63, 3.8) is 0 Å². The summed E-state index contributed by atoms with van der Waals surface area (Å²) in [5.74, 6) is 0.587. The van der Waals surface area contributed by atoms with Crippen LogP contribution in [-0.2, 0) is 16.1 Å². The first-order valence-corrected chi connectivity index (χ1v) is 11.2. The molecule has 0 aliphatic carbocycles. The molecule has 0 aromatic heterocycles. The number of thioether (sulfide) groups is 1. The molecule has 2 atom stereocenters. The van der Waals surface area contributed by atoms with E-state index in [1.54, 1.807) is 16.7 Å². The van der Waals surface area contributed by atoms with Crippen molar-refractivity contribution in [2.75, 3.05) is 5.75 Å². The lowest BCUT2D eigenvalue weighted by molar-refractivity contribution is -0.140. The van der Waals surface area contributed by atoms with Crippen molar-refractivity contribution in [1.82, 2.24) is 10.2 Å². The summed E-state index contributed by atoms with van der Waals surface area (Å²) in [6.45, 7) is 8.30. The minimum absolute atomic E-state index is 0.000748. The van der Waals surface area contributed by atoms with E-state index in [9.17, 15) is 9.59 Å². The van der Waals surface area contributed by atoms with Crippen molar-refractivity contribution in [3.05, 3.63) is 65.7 Å². The van der Waals surface area contributed by atoms with Gasteiger partial charge in [0.2, 0.25) is 11.8 Å². The van der Waals surface area contributed by atoms with Gasteiger partial charge in [-0.25, -0.2) is 0 Å². The molecule has 0 radical (unpaired) electrons. The summed E-state index contributed by atoms with van der Waals surface area (Å²) in [5.41, 5.74) is 2.20. The van der Waals surface area contributed by atoms with E-state index in [4.69, 9.17) is 0 Å². The van der Waals surface area contributed by atoms with Crippen LogP contribution in [0.25, 0.3) is 0 Å². The van der Waals surface area contributed by atoms with Gasteiger partial charge in [-0.05, 0) is 44.9 Å². The van der Waals surface area contributed by atoms with Gasteiger partial charge in [0.05, 0.1) is 0 Å². The van der Waals surface area contributed by atoms with Gasteiger partial charge < -0.3 is 10.2 Å². The van der Waals surface area contributed by atoms with E-state index in [0.29, 0.717) is 18.7 Å². The number of nitrogens with zero attached hydrogens (tertiary/aromatic N) is 1. The maximum Gasteiger partial charge on any atom is 0.242 e. The van der Waals surface area contributed by atoms with Gasteiger partial charge in [-0.3, -0.25) is 9.59 Å². The van der Waals surface area contributed by atoms with Crippen LogP contribution >= 0.6 is 11.8 Å². The lowest BCUT2D eigenvalue weighted by atomic mass is 10.1. The van der Waals surface area contributed by atoms with E-state index in [1.807, 2.05) is 82.3 Å². The molecular weight excluding hydrogens is 380 g/mol. The van der Waals surface area contributed by atoms with Crippen molar-refractivity contribution in [1.29, 1.82) is 0 Å². The van der Waals surface area contributed by atoms with Gasteiger partial charge in [-0.2, -0.15) is 0 Å². The lowest BCUT2D eigenvalue weighted by Gasteiger charge is -2.29. The lowest BCUT2D eigenvalue weighted by Crippen LogP contribution is -2.49. The number of aryl methyl sites for hydroxylation is 1. The highest BCUT2D eigenvalue weighted by atomic mass is 32.2. The van der Waals surface area contributed by atoms with Crippen LogP contribution in [-0.4, -0.2) is 34.6 Å². The molecular formula is C24H32N2O2S. The third-order valence-electron chi connectivity index (χ3n) is 4.97. The fourth-order valence-electron chi connectivity index (χ4n) is 2.85. The number of carbonyl (C=O) groups excluding carboxylic acids is 2. The average Bonchev–Trinajstić information content (AvgIpc) is 2.73. The standard InChI is InChI=1S/C24H32N2O2S/c1-5-19(3)25-24(28)20(4)26(17-21-13-11-18(2)12-14-21)23(27)15-16-29-22-9-7-6-8-10-22/h6-14,19-20H,5,15-17H2,1-4H3,(H,25,28)/t19-,20-/m1/s1. The van der Waals surface area contributed by atoms with Gasteiger partial charge in [0.1, 0.15) is 6.04 Å². The van der Waals surface area contributed by atoms with E-state index < -0.39 is 6.04 Å². The highest BCUT2D eigenvalue weighted by Crippen LogP contribution is 2.19. The first-order chi connectivity index (χ1) is 13.9. The molecule has 0 aliphatic heterocycles. The van der Waals surface area contributed by atoms with Crippen LogP contribution in [0.4, 0.5) is 0 Å². The molecule has 0 heterocycles. The summed E-state index contributed by atoms with van der Waals surface area (Å²) in [6, 6.07) is 17.7. The summed E-state index contributed by atoms with van der Waals surface area (Å²) < 4.78 is 0. The number of carbonyl (C=O) groups is 2. The van der Waals surface area contributed by atoms with Crippen molar-refractivity contribution in [2.24, 2.45) is 0 Å². The molecule has 2 aromatic rings. The Hall–Kier alpha value is -2.27. The molecule has 0 aliphatic rings. The van der Waals surface area contributed by atoms with Gasteiger partial charge in [0, 0.05) is 29.7 Å². The van der Waals surface area contributed by atoms with Gasteiger partial charge in [0.25, 0.3) is 0 Å². The molecule has 4 nitrogen and oxygen atoms in total. The van der Waals surface area contributed by atoms with Crippen LogP contribution < -0.4 is 5.32 Å². The van der Waals surface area contributed by atoms with E-state index in [1.165, 1.54) is 5.56 Å². The SMILES string of the molecule is CC[C@@H](C)NC(=O)[C@@H](C)N(Cc1ccc(C)cc1)C(=O)CCSc1ccccc1. The van der Waals surface area contributed by atoms with Crippen molar-refractivity contribution in [2.45, 2.75) is 64.1 Å². The number of benzene rings is 2. The first kappa shape index (κ1) is 23.0. The Kier molecular flexibility index (Phi) is 9.26. The van der Waals surface area contributed by atoms with Crippen molar-refractivity contribution < 1.29 is 9.59 Å². The van der Waals surface area contributed by atoms with Gasteiger partial charge >= 0.3 is 0 Å². The molecule has 29 heavy (non-hydrogen) atoms. The zero-order chi connectivity index (χ0) is 21.2. The molecule has 2 rings (SSSR count). The first-order valence-electron chi connectivity index (χ1n) is 10.2. The summed E-state index contributed by atoms with van der Waals surface area (Å²) in [6.07, 6.45) is 1.25. The Morgan fingerprint density at radius 2 is 1.69 bits per heavy atom. The Balaban J connectivity index is 2.06. The predicted molar refractivity (Wildman–Crippen MR) is 121 cm³/mol. The number of nitrogens with one attached hydrogen (secondary N) is 1. The normalized spacial score (nSPS) is 12.8. The predicted octanol–water partition coefficient (Wildman–Crippen LogP) is 4.81. The summed E-state index contributed by atoms with van der Waals surface area (Å²) in [7, 11) is 0. The van der Waals surface area contributed by atoms with Crippen LogP contribution in [0, 0.1) is 6.92 Å². The highest BCUT2D eigenvalue weighted by molar-refractivity contribution is 7.99. The van der Waals surface area contributed by atoms with Crippen LogP contribution in [0.15, 0.2) is 59.5 Å². The third-order valence-corrected chi connectivity index (χ3v) is 5.98. The fourth-order valence-corrected chi connectivity index (χ4v) is 3.72. The minimum Gasteiger partial charge on any atom is -0.352 e. The zero-order valence-corrected chi connectivity index (χ0v) is 18.7. The Morgan fingerprint density at radius 3 is 2.31 bits per heavy atom. The second-order valence-electron chi connectivity index (χ2n) is 7.41. The molecule has 1 N–H and O–H groups in total. The molecule has 0 fully saturated rings. The van der Waals surface area contributed by atoms with E-state index in [-0.39, 0.29) is 17.9 Å². The molecule has 2 aromatic carbocycles. The third kappa shape index (κ3) is 7.58. The second kappa shape index (κ2) is 11.7. The topological polar surface area (TPSA) is 49.4 Å². The van der Waals surface area contributed by atoms with Crippen LogP contribution in [0.2, 0.25) is 0 Å². The van der Waals surface area contributed by atoms with E-state index in [2.05, 4.69) is 5.32 Å². The number of amides is 2. The molecule has 0 saturated heterocycles. The minimum atomic E-state index is -0.514. The zero-order valence-electron chi connectivity index (χ0n) is 17.9. The van der Waals surface area contributed by atoms with E-state index in [0.717, 1.165) is 16.9 Å². The molecule has 0 saturated carbocycles. The van der Waals surface area contributed by atoms with Gasteiger partial charge in [-0.15, -0.1) is 11.8 Å². The summed E-state index contributed by atoms with van der Waals surface area (Å²) >= 11 is 1.66. The molecule has 156 valence electrons. The largest absolute Gasteiger partial charge is 0.352 e. The second-order valence-corrected chi connectivity index (χ2v) is 8.58. The number of rotatable bonds is 10. The Bertz CT molecular complexity index is 777. The van der Waals surface area contributed by atoms with Gasteiger partial charge in [-0.1, -0.05) is 55.0 Å². The van der Waals surface area contributed by atoms with Crippen LogP contribution in [0.1, 0.15) is 44.7 Å². The quantitative estimate of drug-likeness (QED) is 0.570. The average molecular weight is 413 g/mol. The molecule has 0 spiro atoms. The molecule has 2 amide bonds. The van der Waals surface area contributed by atoms with E-state index >= 15 is 0 Å². The van der Waals surface area contributed by atoms with Gasteiger partial charge in [0.15, 0.2) is 0 Å². The molecule has 0 bridgehead atoms. The maximum absolute atomic E-state index is 13.0. The fraction of sp³-hybridized carbons (Fsp3) is 0.417. The maximum atomic E-state index is 13.0. The van der Waals surface area contributed by atoms with Crippen molar-refractivity contribution >= 4 is 23.6 Å². The smallest absolute Gasteiger partial charge is 0.242 e. The van der Waals surface area contributed by atoms with Crippen LogP contribution in [0.3, 0.4) is 0 Å². The Morgan fingerprint density at radius 1 is 1.03 bits per heavy atom. The summed E-state index contributed by atoms with van der Waals surface area (Å²) in [4.78, 5) is 28.6. The van der Waals surface area contributed by atoms with Crippen molar-refractivity contribution in [3.8, 4) is 0 Å². The summed E-state index contributed by atoms with van der Waals surface area (Å²) in [5, 5.41) is 3.00. The Labute approximate surface area is 179 Å².